The number of aromatic hydroxyl groups is 1. The van der Waals surface area contributed by atoms with Gasteiger partial charge in [0.05, 0.1) is 5.69 Å². The van der Waals surface area contributed by atoms with Crippen LogP contribution in [0.5, 0.6) is 5.75 Å². The molecule has 0 radical (unpaired) electrons. The summed E-state index contributed by atoms with van der Waals surface area (Å²) >= 11 is 0. The summed E-state index contributed by atoms with van der Waals surface area (Å²) < 4.78 is 0. The zero-order valence-corrected chi connectivity index (χ0v) is 13.0. The molecule has 3 rings (SSSR count). The van der Waals surface area contributed by atoms with Gasteiger partial charge in [0.1, 0.15) is 5.75 Å². The van der Waals surface area contributed by atoms with Crippen molar-refractivity contribution in [3.8, 4) is 5.75 Å². The van der Waals surface area contributed by atoms with E-state index in [9.17, 15) is 14.7 Å². The van der Waals surface area contributed by atoms with Crippen LogP contribution in [0.25, 0.3) is 10.8 Å². The van der Waals surface area contributed by atoms with Gasteiger partial charge in [-0.2, -0.15) is 0 Å². The molecule has 3 aromatic rings. The molecule has 0 aliphatic heterocycles. The van der Waals surface area contributed by atoms with Crippen molar-refractivity contribution in [2.75, 3.05) is 10.6 Å². The van der Waals surface area contributed by atoms with E-state index in [-0.39, 0.29) is 11.4 Å². The molecular formula is C19H16N2O3. The van der Waals surface area contributed by atoms with E-state index in [4.69, 9.17) is 0 Å². The summed E-state index contributed by atoms with van der Waals surface area (Å²) in [5, 5.41) is 16.6. The quantitative estimate of drug-likeness (QED) is 0.500. The standard InChI is InChI=1S/C19H16N2O3/c1-12-9-10-16(17(22)11-12)21-19(24)18(23)20-15-8-4-6-13-5-2-3-7-14(13)15/h2-11,22H,1H3,(H,20,23)(H,21,24). The van der Waals surface area contributed by atoms with Crippen LogP contribution in [-0.2, 0) is 9.59 Å². The number of rotatable bonds is 2. The molecule has 3 N–H and O–H groups in total. The van der Waals surface area contributed by atoms with Gasteiger partial charge < -0.3 is 15.7 Å². The summed E-state index contributed by atoms with van der Waals surface area (Å²) in [6.45, 7) is 1.82. The van der Waals surface area contributed by atoms with Crippen molar-refractivity contribution in [3.05, 3.63) is 66.2 Å². The number of amides is 2. The van der Waals surface area contributed by atoms with Crippen LogP contribution in [0.1, 0.15) is 5.56 Å². The van der Waals surface area contributed by atoms with E-state index in [1.54, 1.807) is 18.2 Å². The number of hydrogen-bond donors (Lipinski definition) is 3. The molecule has 0 spiro atoms. The number of hydrogen-bond acceptors (Lipinski definition) is 3. The third kappa shape index (κ3) is 3.20. The van der Waals surface area contributed by atoms with Crippen molar-refractivity contribution in [2.45, 2.75) is 6.92 Å². The van der Waals surface area contributed by atoms with Crippen LogP contribution in [0.4, 0.5) is 11.4 Å². The van der Waals surface area contributed by atoms with Crippen molar-refractivity contribution >= 4 is 34.0 Å². The molecule has 0 atom stereocenters. The summed E-state index contributed by atoms with van der Waals surface area (Å²) in [5.74, 6) is -1.73. The highest BCUT2D eigenvalue weighted by Gasteiger charge is 2.16. The first-order chi connectivity index (χ1) is 11.5. The molecule has 0 saturated carbocycles. The van der Waals surface area contributed by atoms with Crippen LogP contribution in [0, 0.1) is 6.92 Å². The molecule has 0 aliphatic carbocycles. The lowest BCUT2D eigenvalue weighted by molar-refractivity contribution is -0.132. The Balaban J connectivity index is 1.77. The van der Waals surface area contributed by atoms with E-state index in [2.05, 4.69) is 10.6 Å². The zero-order chi connectivity index (χ0) is 17.1. The van der Waals surface area contributed by atoms with Gasteiger partial charge in [0.2, 0.25) is 0 Å². The Kier molecular flexibility index (Phi) is 4.16. The Morgan fingerprint density at radius 1 is 0.833 bits per heavy atom. The van der Waals surface area contributed by atoms with Crippen LogP contribution in [-0.4, -0.2) is 16.9 Å². The second-order valence-electron chi connectivity index (χ2n) is 5.46. The molecule has 0 aliphatic rings. The van der Waals surface area contributed by atoms with Gasteiger partial charge in [0, 0.05) is 11.1 Å². The number of fused-ring (bicyclic) bond motifs is 1. The average molecular weight is 320 g/mol. The monoisotopic (exact) mass is 320 g/mol. The maximum absolute atomic E-state index is 12.1. The molecule has 0 unspecified atom stereocenters. The van der Waals surface area contributed by atoms with Gasteiger partial charge >= 0.3 is 11.8 Å². The molecule has 0 bridgehead atoms. The number of carbonyl (C=O) groups is 2. The smallest absolute Gasteiger partial charge is 0.314 e. The Morgan fingerprint density at radius 3 is 2.25 bits per heavy atom. The predicted molar refractivity (Wildman–Crippen MR) is 94.1 cm³/mol. The van der Waals surface area contributed by atoms with Crippen molar-refractivity contribution in [2.24, 2.45) is 0 Å². The van der Waals surface area contributed by atoms with E-state index < -0.39 is 11.8 Å². The first kappa shape index (κ1) is 15.6. The van der Waals surface area contributed by atoms with E-state index in [0.29, 0.717) is 5.69 Å². The first-order valence-corrected chi connectivity index (χ1v) is 7.44. The normalized spacial score (nSPS) is 10.4. The maximum atomic E-state index is 12.1. The minimum absolute atomic E-state index is 0.0821. The molecular weight excluding hydrogens is 304 g/mol. The number of phenolic OH excluding ortho intramolecular Hbond substituents is 1. The Bertz CT molecular complexity index is 930. The molecule has 0 heterocycles. The number of nitrogens with one attached hydrogen (secondary N) is 2. The molecule has 24 heavy (non-hydrogen) atoms. The van der Waals surface area contributed by atoms with Gasteiger partial charge in [-0.25, -0.2) is 0 Å². The van der Waals surface area contributed by atoms with Gasteiger partial charge in [-0.15, -0.1) is 0 Å². The van der Waals surface area contributed by atoms with Crippen molar-refractivity contribution in [1.29, 1.82) is 0 Å². The van der Waals surface area contributed by atoms with Crippen LogP contribution < -0.4 is 10.6 Å². The highest BCUT2D eigenvalue weighted by atomic mass is 16.3. The van der Waals surface area contributed by atoms with Crippen LogP contribution >= 0.6 is 0 Å². The number of phenols is 1. The topological polar surface area (TPSA) is 78.4 Å². The highest BCUT2D eigenvalue weighted by Crippen LogP contribution is 2.25. The molecule has 0 fully saturated rings. The summed E-state index contributed by atoms with van der Waals surface area (Å²) in [4.78, 5) is 24.2. The summed E-state index contributed by atoms with van der Waals surface area (Å²) in [6.07, 6.45) is 0. The summed E-state index contributed by atoms with van der Waals surface area (Å²) in [5.41, 5.74) is 1.60. The second kappa shape index (κ2) is 6.42. The lowest BCUT2D eigenvalue weighted by atomic mass is 10.1. The summed E-state index contributed by atoms with van der Waals surface area (Å²) in [6, 6.07) is 17.8. The first-order valence-electron chi connectivity index (χ1n) is 7.44. The molecule has 0 saturated heterocycles. The number of anilines is 2. The van der Waals surface area contributed by atoms with E-state index in [1.165, 1.54) is 6.07 Å². The van der Waals surface area contributed by atoms with Crippen LogP contribution in [0.15, 0.2) is 60.7 Å². The number of aryl methyl sites for hydroxylation is 1. The van der Waals surface area contributed by atoms with E-state index >= 15 is 0 Å². The maximum Gasteiger partial charge on any atom is 0.314 e. The highest BCUT2D eigenvalue weighted by molar-refractivity contribution is 6.44. The lowest BCUT2D eigenvalue weighted by Crippen LogP contribution is -2.29. The zero-order valence-electron chi connectivity index (χ0n) is 13.0. The molecule has 3 aromatic carbocycles. The van der Waals surface area contributed by atoms with Crippen molar-refractivity contribution in [3.63, 3.8) is 0 Å². The predicted octanol–water partition coefficient (Wildman–Crippen LogP) is 3.43. The molecule has 5 heteroatoms. The molecule has 5 nitrogen and oxygen atoms in total. The van der Waals surface area contributed by atoms with E-state index in [1.807, 2.05) is 43.3 Å². The number of carbonyl (C=O) groups excluding carboxylic acids is 2. The Hall–Kier alpha value is -3.34. The largest absolute Gasteiger partial charge is 0.506 e. The van der Waals surface area contributed by atoms with Crippen molar-refractivity contribution in [1.82, 2.24) is 0 Å². The fraction of sp³-hybridized carbons (Fsp3) is 0.0526. The fourth-order valence-corrected chi connectivity index (χ4v) is 2.44. The number of benzene rings is 3. The van der Waals surface area contributed by atoms with Gasteiger partial charge in [-0.3, -0.25) is 9.59 Å². The van der Waals surface area contributed by atoms with E-state index in [0.717, 1.165) is 16.3 Å². The van der Waals surface area contributed by atoms with Gasteiger partial charge in [-0.1, -0.05) is 42.5 Å². The molecule has 0 aromatic heterocycles. The summed E-state index contributed by atoms with van der Waals surface area (Å²) in [7, 11) is 0. The lowest BCUT2D eigenvalue weighted by Gasteiger charge is -2.10. The average Bonchev–Trinajstić information content (AvgIpc) is 2.57. The SMILES string of the molecule is Cc1ccc(NC(=O)C(=O)Nc2cccc3ccccc23)c(O)c1. The van der Waals surface area contributed by atoms with Crippen LogP contribution in [0.2, 0.25) is 0 Å². The second-order valence-corrected chi connectivity index (χ2v) is 5.46. The fourth-order valence-electron chi connectivity index (χ4n) is 2.44. The molecule has 120 valence electrons. The van der Waals surface area contributed by atoms with Crippen LogP contribution in [0.3, 0.4) is 0 Å². The minimum Gasteiger partial charge on any atom is -0.506 e. The van der Waals surface area contributed by atoms with Gasteiger partial charge in [0.15, 0.2) is 0 Å². The Morgan fingerprint density at radius 2 is 1.50 bits per heavy atom. The Labute approximate surface area is 138 Å². The molecule has 2 amide bonds. The third-order valence-corrected chi connectivity index (χ3v) is 3.65. The minimum atomic E-state index is -0.845. The van der Waals surface area contributed by atoms with Gasteiger partial charge in [-0.05, 0) is 36.1 Å². The third-order valence-electron chi connectivity index (χ3n) is 3.65. The van der Waals surface area contributed by atoms with Crippen molar-refractivity contribution < 1.29 is 14.7 Å². The van der Waals surface area contributed by atoms with Gasteiger partial charge in [0.25, 0.3) is 0 Å².